The molecule has 0 unspecified atom stereocenters. The van der Waals surface area contributed by atoms with Crippen LogP contribution in [0.15, 0.2) is 123 Å². The van der Waals surface area contributed by atoms with Crippen LogP contribution in [0, 0.1) is 5.41 Å². The maximum Gasteiger partial charge on any atom is 1.00 e. The molecule has 0 saturated heterocycles. The molecule has 0 radical (unpaired) electrons. The summed E-state index contributed by atoms with van der Waals surface area (Å²) in [6.07, 6.45) is 8.27. The minimum Gasteiger partial charge on any atom is -0.744 e. The molecule has 0 heterocycles. The minimum absolute atomic E-state index is 0. The van der Waals surface area contributed by atoms with Crippen LogP contribution in [0.2, 0.25) is 0 Å². The third-order valence-corrected chi connectivity index (χ3v) is 7.09. The number of allylic oxidation sites excluding steroid dienone is 9. The standard InChI is InChI=1S/C29H21N5O7S.2Na/c30-24-11-5-18-13-22(42(39,40)41)15-26(36)27(18)28(24)34-32-20-8-3-17(4-9-20)16-1-6-19(7-2-16)31-33-21-10-12-25(35)23(14-21)29(37)38;;/h1-15,30-32,34H,(H,37,38)(H,39,40,41);;/q;2*+1/p-2. The third kappa shape index (κ3) is 7.88. The summed E-state index contributed by atoms with van der Waals surface area (Å²) in [6.45, 7) is 0. The molecule has 3 aliphatic carbocycles. The maximum absolute atomic E-state index is 12.6. The largest absolute Gasteiger partial charge is 1.00 e. The fourth-order valence-electron chi connectivity index (χ4n) is 4.17. The number of rotatable bonds is 8. The molecule has 4 N–H and O–H groups in total. The fraction of sp³-hybridized carbons (Fsp3) is 0. The molecule has 0 spiro atoms. The van der Waals surface area contributed by atoms with Gasteiger partial charge in [-0.15, -0.1) is 0 Å². The zero-order valence-electron chi connectivity index (χ0n) is 23.4. The number of hydrogen-bond donors (Lipinski definition) is 4. The van der Waals surface area contributed by atoms with Crippen molar-refractivity contribution >= 4 is 50.5 Å². The first-order chi connectivity index (χ1) is 20.0. The van der Waals surface area contributed by atoms with Crippen molar-refractivity contribution in [3.8, 4) is 11.1 Å². The molecule has 2 aromatic rings. The topological polar surface area (TPSA) is 204 Å². The van der Waals surface area contributed by atoms with E-state index in [1.54, 1.807) is 24.3 Å². The average molecular weight is 628 g/mol. The van der Waals surface area contributed by atoms with Gasteiger partial charge in [0.1, 0.15) is 10.1 Å². The second kappa shape index (κ2) is 14.4. The van der Waals surface area contributed by atoms with Crippen molar-refractivity contribution < 1.29 is 91.6 Å². The summed E-state index contributed by atoms with van der Waals surface area (Å²) in [5.74, 6) is -2.93. The molecule has 0 atom stereocenters. The predicted molar refractivity (Wildman–Crippen MR) is 152 cm³/mol. The summed E-state index contributed by atoms with van der Waals surface area (Å²) in [7, 11) is -4.81. The first-order valence-corrected chi connectivity index (χ1v) is 13.6. The smallest absolute Gasteiger partial charge is 0.744 e. The van der Waals surface area contributed by atoms with Gasteiger partial charge in [-0.2, -0.15) is 5.10 Å². The van der Waals surface area contributed by atoms with Gasteiger partial charge in [-0.3, -0.25) is 25.8 Å². The minimum atomic E-state index is -4.81. The summed E-state index contributed by atoms with van der Waals surface area (Å²) in [4.78, 5) is 34.6. The molecule has 3 aliphatic rings. The number of hydrogen-bond acceptors (Lipinski definition) is 12. The van der Waals surface area contributed by atoms with Crippen LogP contribution in [0.1, 0.15) is 0 Å². The predicted octanol–water partition coefficient (Wildman–Crippen LogP) is -4.36. The van der Waals surface area contributed by atoms with E-state index in [2.05, 4.69) is 21.4 Å². The Bertz CT molecular complexity index is 1890. The molecule has 0 aliphatic heterocycles. The summed E-state index contributed by atoms with van der Waals surface area (Å²) in [5, 5.41) is 23.3. The summed E-state index contributed by atoms with van der Waals surface area (Å²) < 4.78 is 34.1. The number of aliphatic carboxylic acids is 1. The number of carboxylic acid groups (broad SMARTS) is 1. The molecule has 0 aromatic heterocycles. The molecule has 15 heteroatoms. The van der Waals surface area contributed by atoms with Crippen LogP contribution in [-0.2, 0) is 24.5 Å². The van der Waals surface area contributed by atoms with Gasteiger partial charge >= 0.3 is 59.1 Å². The Kier molecular flexibility index (Phi) is 11.4. The molecule has 44 heavy (non-hydrogen) atoms. The Morgan fingerprint density at radius 2 is 1.39 bits per heavy atom. The Labute approximate surface area is 295 Å². The second-order valence-corrected chi connectivity index (χ2v) is 10.4. The Hall–Kier alpha value is -3.66. The van der Waals surface area contributed by atoms with E-state index in [0.717, 1.165) is 35.4 Å². The number of nitrogens with zero attached hydrogens (tertiary/aromatic N) is 1. The summed E-state index contributed by atoms with van der Waals surface area (Å²) in [6, 6.07) is 14.5. The molecule has 0 fully saturated rings. The van der Waals surface area contributed by atoms with E-state index in [1.165, 1.54) is 18.2 Å². The first-order valence-electron chi connectivity index (χ1n) is 12.2. The number of benzene rings is 2. The van der Waals surface area contributed by atoms with E-state index in [0.29, 0.717) is 11.4 Å². The maximum atomic E-state index is 12.6. The monoisotopic (exact) mass is 627 g/mol. The molecule has 210 valence electrons. The van der Waals surface area contributed by atoms with E-state index in [4.69, 9.17) is 5.41 Å². The fourth-order valence-corrected chi connectivity index (χ4v) is 4.69. The van der Waals surface area contributed by atoms with Crippen LogP contribution in [0.4, 0.5) is 11.4 Å². The molecule has 0 saturated carbocycles. The van der Waals surface area contributed by atoms with E-state index < -0.39 is 38.1 Å². The van der Waals surface area contributed by atoms with E-state index in [9.17, 15) is 32.5 Å². The van der Waals surface area contributed by atoms with Crippen LogP contribution < -0.4 is 80.5 Å². The molecular weight excluding hydrogens is 608 g/mol. The van der Waals surface area contributed by atoms with Crippen molar-refractivity contribution in [1.82, 2.24) is 5.43 Å². The molecule has 5 rings (SSSR count). The van der Waals surface area contributed by atoms with E-state index >= 15 is 0 Å². The molecular formula is C29H19N5Na2O7S. The van der Waals surface area contributed by atoms with Gasteiger partial charge in [0, 0.05) is 11.6 Å². The number of carboxylic acids is 1. The number of carbonyl (C=O) groups is 3. The molecule has 0 bridgehead atoms. The third-order valence-electron chi connectivity index (χ3n) is 6.28. The molecule has 2 aromatic carbocycles. The SMILES string of the molecule is N=C1C=CC2=CC(S(=O)(=O)[O-])=CC(=O)C2=C1NNc1ccc(-c2ccc(NN=C3C=CC(=O)C(C(=O)[O-])=C3)cc2)cc1.[Na+].[Na+]. The zero-order valence-corrected chi connectivity index (χ0v) is 28.2. The van der Waals surface area contributed by atoms with Gasteiger partial charge in [-0.25, -0.2) is 8.42 Å². The van der Waals surface area contributed by atoms with Crippen LogP contribution in [0.5, 0.6) is 0 Å². The number of carbonyl (C=O) groups excluding carboxylic acids is 3. The van der Waals surface area contributed by atoms with Gasteiger partial charge < -0.3 is 19.9 Å². The van der Waals surface area contributed by atoms with E-state index in [-0.39, 0.29) is 87.4 Å². The first kappa shape index (κ1) is 34.8. The normalized spacial score (nSPS) is 16.6. The number of hydrazone groups is 1. The number of nitrogens with one attached hydrogen (secondary N) is 4. The van der Waals surface area contributed by atoms with Gasteiger partial charge in [0.15, 0.2) is 11.6 Å². The Morgan fingerprint density at radius 3 is 1.98 bits per heavy atom. The van der Waals surface area contributed by atoms with Crippen LogP contribution in [-0.4, -0.2) is 41.9 Å². The van der Waals surface area contributed by atoms with E-state index in [1.807, 2.05) is 24.3 Å². The number of anilines is 2. The zero-order chi connectivity index (χ0) is 30.0. The van der Waals surface area contributed by atoms with Gasteiger partial charge in [-0.05, 0) is 71.3 Å². The van der Waals surface area contributed by atoms with Crippen LogP contribution in [0.25, 0.3) is 11.1 Å². The van der Waals surface area contributed by atoms with Crippen LogP contribution in [0.3, 0.4) is 0 Å². The van der Waals surface area contributed by atoms with Crippen molar-refractivity contribution in [2.24, 2.45) is 5.10 Å². The molecule has 0 amide bonds. The Balaban J connectivity index is 0.00000264. The number of fused-ring (bicyclic) bond motifs is 1. The van der Waals surface area contributed by atoms with Gasteiger partial charge in [0.2, 0.25) is 0 Å². The average Bonchev–Trinajstić information content (AvgIpc) is 2.96. The van der Waals surface area contributed by atoms with Gasteiger partial charge in [0.05, 0.1) is 44.9 Å². The van der Waals surface area contributed by atoms with Crippen molar-refractivity contribution in [3.63, 3.8) is 0 Å². The van der Waals surface area contributed by atoms with Gasteiger partial charge in [0.25, 0.3) is 0 Å². The molecule has 12 nitrogen and oxygen atoms in total. The summed E-state index contributed by atoms with van der Waals surface area (Å²) in [5.41, 5.74) is 11.8. The van der Waals surface area contributed by atoms with Crippen molar-refractivity contribution in [3.05, 3.63) is 118 Å². The van der Waals surface area contributed by atoms with Crippen molar-refractivity contribution in [2.45, 2.75) is 0 Å². The van der Waals surface area contributed by atoms with Crippen molar-refractivity contribution in [2.75, 3.05) is 10.9 Å². The summed E-state index contributed by atoms with van der Waals surface area (Å²) >= 11 is 0. The van der Waals surface area contributed by atoms with Crippen molar-refractivity contribution in [1.29, 1.82) is 5.41 Å². The second-order valence-electron chi connectivity index (χ2n) is 9.06. The van der Waals surface area contributed by atoms with Crippen LogP contribution >= 0.6 is 0 Å². The number of hydrazine groups is 1. The Morgan fingerprint density at radius 1 is 0.773 bits per heavy atom. The number of ketones is 2. The van der Waals surface area contributed by atoms with Gasteiger partial charge in [-0.1, -0.05) is 30.3 Å². The quantitative estimate of drug-likeness (QED) is 0.0728.